The Labute approximate surface area is 155 Å². The number of halogens is 3. The second-order valence-electron chi connectivity index (χ2n) is 6.55. The van der Waals surface area contributed by atoms with Crippen molar-refractivity contribution < 1.29 is 14.6 Å². The van der Waals surface area contributed by atoms with E-state index in [9.17, 15) is 8.78 Å². The van der Waals surface area contributed by atoms with Crippen molar-refractivity contribution in [3.05, 3.63) is 88.1 Å². The van der Waals surface area contributed by atoms with Crippen LogP contribution in [0.25, 0.3) is 0 Å². The van der Waals surface area contributed by atoms with Crippen molar-refractivity contribution >= 4 is 0 Å². The Kier molecular flexibility index (Phi) is 6.30. The van der Waals surface area contributed by atoms with Gasteiger partial charge in [-0.25, -0.2) is 13.2 Å². The van der Waals surface area contributed by atoms with Crippen LogP contribution in [0.3, 0.4) is 0 Å². The van der Waals surface area contributed by atoms with E-state index in [2.05, 4.69) is 5.32 Å². The molecule has 1 radical (unpaired) electrons. The molecule has 1 aliphatic carbocycles. The normalized spacial score (nSPS) is 14.8. The molecule has 0 aliphatic heterocycles. The van der Waals surface area contributed by atoms with Crippen LogP contribution in [0.5, 0.6) is 0 Å². The summed E-state index contributed by atoms with van der Waals surface area (Å²) < 4.78 is 43.5. The fourth-order valence-electron chi connectivity index (χ4n) is 3.33. The van der Waals surface area contributed by atoms with Gasteiger partial charge in [0.05, 0.1) is 0 Å². The van der Waals surface area contributed by atoms with Crippen LogP contribution in [0.15, 0.2) is 42.0 Å². The third kappa shape index (κ3) is 3.43. The SMILES string of the molecule is CCc1c(F)c(F)c(C)c(C(C)(C2=C[CH]2)c2ccccc2)c1F.CNC.[HH]. The van der Waals surface area contributed by atoms with Gasteiger partial charge in [-0.1, -0.05) is 48.9 Å². The number of rotatable bonds is 4. The van der Waals surface area contributed by atoms with Crippen LogP contribution in [-0.4, -0.2) is 14.1 Å². The molecule has 0 saturated heterocycles. The molecule has 2 aromatic carbocycles. The second-order valence-corrected chi connectivity index (χ2v) is 6.55. The predicted octanol–water partition coefficient (Wildman–Crippen LogP) is 5.51. The van der Waals surface area contributed by atoms with Crippen molar-refractivity contribution in [2.24, 2.45) is 0 Å². The summed E-state index contributed by atoms with van der Waals surface area (Å²) in [6.07, 6.45) is 3.88. The fourth-order valence-corrected chi connectivity index (χ4v) is 3.33. The molecule has 1 aliphatic rings. The van der Waals surface area contributed by atoms with Gasteiger partial charge in [-0.15, -0.1) is 0 Å². The third-order valence-corrected chi connectivity index (χ3v) is 4.76. The van der Waals surface area contributed by atoms with E-state index in [-0.39, 0.29) is 24.5 Å². The van der Waals surface area contributed by atoms with Crippen molar-refractivity contribution in [2.75, 3.05) is 14.1 Å². The molecule has 4 heteroatoms. The Balaban J connectivity index is 0.000000855. The van der Waals surface area contributed by atoms with Crippen molar-refractivity contribution in [1.82, 2.24) is 5.32 Å². The first-order valence-electron chi connectivity index (χ1n) is 8.70. The van der Waals surface area contributed by atoms with Gasteiger partial charge in [0.25, 0.3) is 0 Å². The predicted molar refractivity (Wildman–Crippen MR) is 103 cm³/mol. The van der Waals surface area contributed by atoms with Gasteiger partial charge in [-0.2, -0.15) is 0 Å². The first-order chi connectivity index (χ1) is 12.3. The lowest BCUT2D eigenvalue weighted by Crippen LogP contribution is -2.27. The van der Waals surface area contributed by atoms with Crippen molar-refractivity contribution in [2.45, 2.75) is 32.6 Å². The van der Waals surface area contributed by atoms with E-state index in [0.29, 0.717) is 0 Å². The largest absolute Gasteiger partial charge is 0.323 e. The lowest BCUT2D eigenvalue weighted by Gasteiger charge is -2.32. The zero-order valence-corrected chi connectivity index (χ0v) is 15.9. The zero-order chi connectivity index (χ0) is 19.5. The molecule has 0 bridgehead atoms. The summed E-state index contributed by atoms with van der Waals surface area (Å²) in [7, 11) is 3.75. The summed E-state index contributed by atoms with van der Waals surface area (Å²) >= 11 is 0. The maximum absolute atomic E-state index is 15.1. The van der Waals surface area contributed by atoms with E-state index >= 15 is 4.39 Å². The zero-order valence-electron chi connectivity index (χ0n) is 15.9. The first-order valence-corrected chi connectivity index (χ1v) is 8.70. The highest BCUT2D eigenvalue weighted by atomic mass is 19.2. The number of hydrogen-bond donors (Lipinski definition) is 1. The molecule has 1 nitrogen and oxygen atoms in total. The topological polar surface area (TPSA) is 12.0 Å². The first kappa shape index (κ1) is 20.2. The fraction of sp³-hybridized carbons (Fsp3) is 0.318. The van der Waals surface area contributed by atoms with Gasteiger partial charge in [0, 0.05) is 24.4 Å². The van der Waals surface area contributed by atoms with Crippen molar-refractivity contribution in [1.29, 1.82) is 0 Å². The Bertz CT molecular complexity index is 818. The summed E-state index contributed by atoms with van der Waals surface area (Å²) in [5, 5.41) is 2.75. The van der Waals surface area contributed by atoms with E-state index in [1.165, 1.54) is 6.92 Å². The standard InChI is InChI=1S/C20H18F3.C2H7N.H2/c1-4-15-18(22)16(12(2)17(21)19(15)23)20(3,14-10-11-14)13-8-6-5-7-9-13;1-3-2;/h5-11H,4H2,1-3H3;3H,1-2H3;1H. The van der Waals surface area contributed by atoms with E-state index in [1.54, 1.807) is 6.92 Å². The molecule has 1 atom stereocenters. The summed E-state index contributed by atoms with van der Waals surface area (Å²) in [5.41, 5.74) is 1.01. The van der Waals surface area contributed by atoms with Crippen molar-refractivity contribution in [3.63, 3.8) is 0 Å². The molecule has 3 rings (SSSR count). The number of benzene rings is 2. The van der Waals surface area contributed by atoms with Gasteiger partial charge in [-0.05, 0) is 45.5 Å². The molecule has 1 N–H and O–H groups in total. The molecule has 0 heterocycles. The average Bonchev–Trinajstić information content (AvgIpc) is 3.47. The average molecular weight is 362 g/mol. The quantitative estimate of drug-likeness (QED) is 0.708. The van der Waals surface area contributed by atoms with Gasteiger partial charge >= 0.3 is 0 Å². The van der Waals surface area contributed by atoms with Crippen LogP contribution in [0.2, 0.25) is 0 Å². The maximum atomic E-state index is 15.1. The summed E-state index contributed by atoms with van der Waals surface area (Å²) in [4.78, 5) is 0. The Morgan fingerprint density at radius 2 is 1.54 bits per heavy atom. The third-order valence-electron chi connectivity index (χ3n) is 4.76. The van der Waals surface area contributed by atoms with Crippen LogP contribution in [0.4, 0.5) is 13.2 Å². The van der Waals surface area contributed by atoms with Gasteiger partial charge in [0.15, 0.2) is 11.6 Å². The summed E-state index contributed by atoms with van der Waals surface area (Å²) in [6.45, 7) is 4.93. The molecule has 0 spiro atoms. The van der Waals surface area contributed by atoms with E-state index in [1.807, 2.05) is 63.8 Å². The Morgan fingerprint density at radius 1 is 1.00 bits per heavy atom. The van der Waals surface area contributed by atoms with Crippen LogP contribution < -0.4 is 5.32 Å². The lowest BCUT2D eigenvalue weighted by atomic mass is 9.71. The molecule has 26 heavy (non-hydrogen) atoms. The number of allylic oxidation sites excluding steroid dienone is 2. The van der Waals surface area contributed by atoms with E-state index in [4.69, 9.17) is 0 Å². The Hall–Kier alpha value is -2.07. The van der Waals surface area contributed by atoms with E-state index < -0.39 is 22.9 Å². The van der Waals surface area contributed by atoms with Gasteiger partial charge < -0.3 is 5.32 Å². The molecule has 0 aromatic heterocycles. The minimum atomic E-state index is -1.07. The minimum absolute atomic E-state index is 0. The highest BCUT2D eigenvalue weighted by Gasteiger charge is 2.42. The second kappa shape index (κ2) is 8.09. The molecule has 0 fully saturated rings. The molecule has 141 valence electrons. The Morgan fingerprint density at radius 3 is 2.00 bits per heavy atom. The number of hydrogen-bond acceptors (Lipinski definition) is 1. The summed E-state index contributed by atoms with van der Waals surface area (Å²) in [6, 6.07) is 9.38. The van der Waals surface area contributed by atoms with Gasteiger partial charge in [0.2, 0.25) is 0 Å². The molecule has 1 unspecified atom stereocenters. The maximum Gasteiger partial charge on any atom is 0.165 e. The van der Waals surface area contributed by atoms with E-state index in [0.717, 1.165) is 11.1 Å². The molecular formula is C22H27F3N. The smallest absolute Gasteiger partial charge is 0.165 e. The van der Waals surface area contributed by atoms with Crippen molar-refractivity contribution in [3.8, 4) is 0 Å². The van der Waals surface area contributed by atoms with Gasteiger partial charge in [0.1, 0.15) is 5.82 Å². The molecule has 2 aromatic rings. The highest BCUT2D eigenvalue weighted by molar-refractivity contribution is 5.61. The lowest BCUT2D eigenvalue weighted by molar-refractivity contribution is 0.460. The summed E-state index contributed by atoms with van der Waals surface area (Å²) in [5.74, 6) is -2.67. The minimum Gasteiger partial charge on any atom is -0.323 e. The van der Waals surface area contributed by atoms with Crippen LogP contribution in [0.1, 0.15) is 37.5 Å². The molecule has 0 amide bonds. The highest BCUT2D eigenvalue weighted by Crippen LogP contribution is 2.48. The molecular weight excluding hydrogens is 335 g/mol. The van der Waals surface area contributed by atoms with Gasteiger partial charge in [-0.3, -0.25) is 0 Å². The van der Waals surface area contributed by atoms with Crippen LogP contribution in [0, 0.1) is 30.8 Å². The van der Waals surface area contributed by atoms with Crippen LogP contribution >= 0.6 is 0 Å². The monoisotopic (exact) mass is 362 g/mol. The number of nitrogens with one attached hydrogen (secondary N) is 1. The molecule has 0 saturated carbocycles. The van der Waals surface area contributed by atoms with Crippen LogP contribution in [-0.2, 0) is 11.8 Å².